The molecular formula is C24H28N2O7. The molecule has 0 bridgehead atoms. The molecule has 1 amide bonds. The van der Waals surface area contributed by atoms with Crippen molar-refractivity contribution in [1.29, 1.82) is 0 Å². The smallest absolute Gasteiger partial charge is 0.355 e. The molecule has 0 saturated carbocycles. The minimum Gasteiger partial charge on any atom is -0.462 e. The van der Waals surface area contributed by atoms with Crippen LogP contribution in [-0.2, 0) is 37.0 Å². The third kappa shape index (κ3) is 5.60. The first-order chi connectivity index (χ1) is 15.8. The van der Waals surface area contributed by atoms with Gasteiger partial charge in [0.1, 0.15) is 12.3 Å². The number of ether oxygens (including phenoxy) is 3. The van der Waals surface area contributed by atoms with Gasteiger partial charge in [0.15, 0.2) is 0 Å². The maximum atomic E-state index is 12.7. The third-order valence-corrected chi connectivity index (χ3v) is 5.41. The molecule has 2 aromatic rings. The number of amides is 1. The van der Waals surface area contributed by atoms with Gasteiger partial charge >= 0.3 is 17.9 Å². The lowest BCUT2D eigenvalue weighted by Crippen LogP contribution is -2.26. The molecule has 1 saturated heterocycles. The lowest BCUT2D eigenvalue weighted by molar-refractivity contribution is -0.149. The first-order valence-electron chi connectivity index (χ1n) is 10.9. The van der Waals surface area contributed by atoms with Crippen LogP contribution in [0.4, 0.5) is 0 Å². The molecule has 176 valence electrons. The van der Waals surface area contributed by atoms with Gasteiger partial charge < -0.3 is 24.1 Å². The molecule has 1 fully saturated rings. The van der Waals surface area contributed by atoms with Crippen LogP contribution in [0.1, 0.15) is 57.9 Å². The largest absolute Gasteiger partial charge is 0.462 e. The molecule has 1 aliphatic rings. The van der Waals surface area contributed by atoms with Crippen LogP contribution >= 0.6 is 0 Å². The molecule has 0 radical (unpaired) electrons. The second kappa shape index (κ2) is 10.8. The molecular weight excluding hydrogens is 428 g/mol. The first kappa shape index (κ1) is 24.0. The van der Waals surface area contributed by atoms with E-state index in [1.54, 1.807) is 25.7 Å². The number of benzene rings is 1. The molecule has 0 spiro atoms. The Hall–Kier alpha value is -3.62. The average molecular weight is 456 g/mol. The number of hydrogen-bond acceptors (Lipinski definition) is 7. The number of carbonyl (C=O) groups is 4. The molecule has 1 N–H and O–H groups in total. The lowest BCUT2D eigenvalue weighted by Gasteiger charge is -2.16. The van der Waals surface area contributed by atoms with Crippen molar-refractivity contribution < 1.29 is 33.4 Å². The normalized spacial score (nSPS) is 15.4. The fourth-order valence-corrected chi connectivity index (χ4v) is 3.80. The second-order valence-electron chi connectivity index (χ2n) is 7.69. The van der Waals surface area contributed by atoms with E-state index in [1.165, 1.54) is 0 Å². The number of carbonyl (C=O) groups excluding carboxylic acids is 4. The molecule has 3 rings (SSSR count). The number of rotatable bonds is 9. The van der Waals surface area contributed by atoms with Crippen LogP contribution in [0.2, 0.25) is 0 Å². The van der Waals surface area contributed by atoms with Crippen molar-refractivity contribution in [2.24, 2.45) is 5.92 Å². The van der Waals surface area contributed by atoms with Gasteiger partial charge in [0.25, 0.3) is 0 Å². The molecule has 9 heteroatoms. The van der Waals surface area contributed by atoms with Crippen LogP contribution in [0.5, 0.6) is 0 Å². The number of H-pyrrole nitrogens is 1. The van der Waals surface area contributed by atoms with E-state index in [0.29, 0.717) is 12.1 Å². The van der Waals surface area contributed by atoms with Gasteiger partial charge in [-0.15, -0.1) is 0 Å². The van der Waals surface area contributed by atoms with Gasteiger partial charge in [-0.1, -0.05) is 30.3 Å². The number of aromatic amines is 1. The average Bonchev–Trinajstić information content (AvgIpc) is 3.32. The fraction of sp³-hybridized carbons (Fsp3) is 0.417. The molecule has 1 aromatic carbocycles. The minimum absolute atomic E-state index is 0.0637. The number of nitrogens with zero attached hydrogens (tertiary/aromatic N) is 1. The molecule has 1 atom stereocenters. The van der Waals surface area contributed by atoms with Crippen molar-refractivity contribution in [1.82, 2.24) is 9.88 Å². The summed E-state index contributed by atoms with van der Waals surface area (Å²) in [5.74, 6) is -2.51. The second-order valence-corrected chi connectivity index (χ2v) is 7.69. The minimum atomic E-state index is -0.627. The Bertz CT molecular complexity index is 1030. The highest BCUT2D eigenvalue weighted by molar-refractivity contribution is 5.98. The summed E-state index contributed by atoms with van der Waals surface area (Å²) in [5, 5.41) is 0. The van der Waals surface area contributed by atoms with Gasteiger partial charge in [-0.25, -0.2) is 9.59 Å². The first-order valence-corrected chi connectivity index (χ1v) is 10.9. The van der Waals surface area contributed by atoms with E-state index in [1.807, 2.05) is 30.3 Å². The van der Waals surface area contributed by atoms with Crippen molar-refractivity contribution in [3.05, 3.63) is 58.4 Å². The highest BCUT2D eigenvalue weighted by Gasteiger charge is 2.36. The predicted octanol–water partition coefficient (Wildman–Crippen LogP) is 2.77. The van der Waals surface area contributed by atoms with E-state index < -0.39 is 23.8 Å². The summed E-state index contributed by atoms with van der Waals surface area (Å²) in [6.45, 7) is 5.68. The quantitative estimate of drug-likeness (QED) is 0.456. The summed E-state index contributed by atoms with van der Waals surface area (Å²) in [6.07, 6.45) is 0.0637. The van der Waals surface area contributed by atoms with Crippen molar-refractivity contribution >= 4 is 23.8 Å². The Kier molecular flexibility index (Phi) is 7.87. The number of hydrogen-bond donors (Lipinski definition) is 1. The Balaban J connectivity index is 1.69. The van der Waals surface area contributed by atoms with Gasteiger partial charge in [-0.2, -0.15) is 0 Å². The van der Waals surface area contributed by atoms with E-state index >= 15 is 0 Å². The monoisotopic (exact) mass is 456 g/mol. The number of esters is 3. The van der Waals surface area contributed by atoms with Crippen LogP contribution in [0, 0.1) is 12.8 Å². The topological polar surface area (TPSA) is 115 Å². The van der Waals surface area contributed by atoms with E-state index in [2.05, 4.69) is 4.98 Å². The van der Waals surface area contributed by atoms with Crippen LogP contribution < -0.4 is 0 Å². The molecule has 33 heavy (non-hydrogen) atoms. The van der Waals surface area contributed by atoms with E-state index in [-0.39, 0.29) is 55.6 Å². The zero-order valence-corrected chi connectivity index (χ0v) is 19.0. The summed E-state index contributed by atoms with van der Waals surface area (Å²) in [7, 11) is 0. The Morgan fingerprint density at radius 3 is 2.36 bits per heavy atom. The molecule has 1 aliphatic heterocycles. The van der Waals surface area contributed by atoms with Crippen molar-refractivity contribution in [3.8, 4) is 0 Å². The van der Waals surface area contributed by atoms with Gasteiger partial charge in [0.2, 0.25) is 5.91 Å². The van der Waals surface area contributed by atoms with Gasteiger partial charge in [-0.05, 0) is 31.9 Å². The zero-order chi connectivity index (χ0) is 24.0. The lowest BCUT2D eigenvalue weighted by atomic mass is 10.1. The van der Waals surface area contributed by atoms with Crippen LogP contribution in [0.15, 0.2) is 30.3 Å². The van der Waals surface area contributed by atoms with E-state index in [9.17, 15) is 19.2 Å². The molecule has 0 aliphatic carbocycles. The number of aromatic nitrogens is 1. The van der Waals surface area contributed by atoms with Gasteiger partial charge in [0, 0.05) is 19.5 Å². The maximum absolute atomic E-state index is 12.7. The third-order valence-electron chi connectivity index (χ3n) is 5.41. The molecule has 2 heterocycles. The fourth-order valence-electron chi connectivity index (χ4n) is 3.80. The Labute approximate surface area is 192 Å². The standard InChI is InChI=1S/C24H28N2O7/c1-4-31-23(29)20-15(3)21(24(30)32-5-2)25-18(20)14-33-22(28)17-11-19(27)26(13-17)12-16-9-7-6-8-10-16/h6-10,17,25H,4-5,11-14H2,1-3H3/t17-/m1/s1. The highest BCUT2D eigenvalue weighted by atomic mass is 16.5. The van der Waals surface area contributed by atoms with E-state index in [4.69, 9.17) is 14.2 Å². The van der Waals surface area contributed by atoms with Crippen LogP contribution in [0.3, 0.4) is 0 Å². The molecule has 9 nitrogen and oxygen atoms in total. The van der Waals surface area contributed by atoms with E-state index in [0.717, 1.165) is 5.56 Å². The Morgan fingerprint density at radius 2 is 1.70 bits per heavy atom. The molecule has 0 unspecified atom stereocenters. The summed E-state index contributed by atoms with van der Waals surface area (Å²) in [5.41, 5.74) is 1.83. The van der Waals surface area contributed by atoms with Gasteiger partial charge in [-0.3, -0.25) is 9.59 Å². The van der Waals surface area contributed by atoms with Crippen molar-refractivity contribution in [2.75, 3.05) is 19.8 Å². The SMILES string of the molecule is CCOC(=O)c1[nH]c(COC(=O)[C@@H]2CC(=O)N(Cc3ccccc3)C2)c(C(=O)OCC)c1C. The highest BCUT2D eigenvalue weighted by Crippen LogP contribution is 2.24. The summed E-state index contributed by atoms with van der Waals surface area (Å²) < 4.78 is 15.5. The zero-order valence-electron chi connectivity index (χ0n) is 19.0. The maximum Gasteiger partial charge on any atom is 0.355 e. The molecule has 1 aromatic heterocycles. The van der Waals surface area contributed by atoms with Gasteiger partial charge in [0.05, 0.1) is 30.4 Å². The number of nitrogens with one attached hydrogen (secondary N) is 1. The van der Waals surface area contributed by atoms with Crippen LogP contribution in [0.25, 0.3) is 0 Å². The summed E-state index contributed by atoms with van der Waals surface area (Å²) >= 11 is 0. The van der Waals surface area contributed by atoms with Crippen molar-refractivity contribution in [3.63, 3.8) is 0 Å². The Morgan fingerprint density at radius 1 is 1.03 bits per heavy atom. The van der Waals surface area contributed by atoms with Crippen LogP contribution in [-0.4, -0.2) is 53.5 Å². The number of likely N-dealkylation sites (tertiary alicyclic amines) is 1. The summed E-state index contributed by atoms with van der Waals surface area (Å²) in [4.78, 5) is 54.2. The van der Waals surface area contributed by atoms with Crippen molar-refractivity contribution in [2.45, 2.75) is 40.3 Å². The predicted molar refractivity (Wildman–Crippen MR) is 117 cm³/mol. The summed E-state index contributed by atoms with van der Waals surface area (Å²) in [6, 6.07) is 9.53.